The molecule has 1 aromatic rings. The highest BCUT2D eigenvalue weighted by atomic mass is 16.5. The van der Waals surface area contributed by atoms with Gasteiger partial charge in [0.15, 0.2) is 0 Å². The van der Waals surface area contributed by atoms with E-state index in [2.05, 4.69) is 10.6 Å². The van der Waals surface area contributed by atoms with E-state index in [0.29, 0.717) is 19.5 Å². The number of nitrogens with one attached hydrogen (secondary N) is 2. The third-order valence-electron chi connectivity index (χ3n) is 4.83. The van der Waals surface area contributed by atoms with Crippen molar-refractivity contribution in [1.29, 1.82) is 0 Å². The van der Waals surface area contributed by atoms with E-state index in [1.165, 1.54) is 5.56 Å². The van der Waals surface area contributed by atoms with Crippen LogP contribution in [0.1, 0.15) is 30.4 Å². The molecule has 2 saturated heterocycles. The standard InChI is InChI=1S/C18H25N3O3/c1-12-5-6-14(10-13(12)2)21-8-7-16(17(21)22)20-18(23)19-11-15-4-3-9-24-15/h5-6,10,15-16H,3-4,7-9,11H2,1-2H3,(H2,19,20,23). The molecule has 130 valence electrons. The summed E-state index contributed by atoms with van der Waals surface area (Å²) in [5, 5.41) is 5.58. The summed E-state index contributed by atoms with van der Waals surface area (Å²) in [5.74, 6) is -0.0504. The van der Waals surface area contributed by atoms with Crippen LogP contribution in [0.25, 0.3) is 0 Å². The minimum absolute atomic E-state index is 0.0504. The summed E-state index contributed by atoms with van der Waals surface area (Å²) >= 11 is 0. The van der Waals surface area contributed by atoms with E-state index in [4.69, 9.17) is 4.74 Å². The number of amides is 3. The van der Waals surface area contributed by atoms with Crippen molar-refractivity contribution in [1.82, 2.24) is 10.6 Å². The highest BCUT2D eigenvalue weighted by Crippen LogP contribution is 2.24. The predicted octanol–water partition coefficient (Wildman–Crippen LogP) is 1.89. The van der Waals surface area contributed by atoms with Gasteiger partial charge in [0.1, 0.15) is 6.04 Å². The van der Waals surface area contributed by atoms with Crippen molar-refractivity contribution in [2.75, 3.05) is 24.6 Å². The molecule has 3 rings (SSSR count). The van der Waals surface area contributed by atoms with Crippen LogP contribution in [-0.4, -0.2) is 43.8 Å². The third-order valence-corrected chi connectivity index (χ3v) is 4.83. The smallest absolute Gasteiger partial charge is 0.315 e. The van der Waals surface area contributed by atoms with Crippen LogP contribution >= 0.6 is 0 Å². The van der Waals surface area contributed by atoms with Gasteiger partial charge in [-0.25, -0.2) is 4.79 Å². The summed E-state index contributed by atoms with van der Waals surface area (Å²) in [6, 6.07) is 5.24. The van der Waals surface area contributed by atoms with Crippen molar-refractivity contribution < 1.29 is 14.3 Å². The minimum atomic E-state index is -0.462. The Kier molecular flexibility index (Phi) is 5.04. The van der Waals surface area contributed by atoms with Gasteiger partial charge in [-0.1, -0.05) is 6.07 Å². The molecule has 0 spiro atoms. The zero-order valence-corrected chi connectivity index (χ0v) is 14.3. The Bertz CT molecular complexity index is 626. The zero-order valence-electron chi connectivity index (χ0n) is 14.3. The molecule has 2 aliphatic heterocycles. The molecule has 6 nitrogen and oxygen atoms in total. The molecule has 2 unspecified atom stereocenters. The van der Waals surface area contributed by atoms with Crippen LogP contribution in [0.2, 0.25) is 0 Å². The summed E-state index contributed by atoms with van der Waals surface area (Å²) in [5.41, 5.74) is 3.26. The first-order valence-electron chi connectivity index (χ1n) is 8.59. The largest absolute Gasteiger partial charge is 0.376 e. The summed E-state index contributed by atoms with van der Waals surface area (Å²) in [6.07, 6.45) is 2.74. The predicted molar refractivity (Wildman–Crippen MR) is 92.2 cm³/mol. The highest BCUT2D eigenvalue weighted by Gasteiger charge is 2.33. The molecule has 2 aliphatic rings. The monoisotopic (exact) mass is 331 g/mol. The van der Waals surface area contributed by atoms with E-state index in [1.54, 1.807) is 4.90 Å². The lowest BCUT2D eigenvalue weighted by molar-refractivity contribution is -0.118. The average Bonchev–Trinajstić information content (AvgIpc) is 3.19. The molecule has 2 fully saturated rings. The van der Waals surface area contributed by atoms with E-state index in [-0.39, 0.29) is 18.0 Å². The second kappa shape index (κ2) is 7.21. The summed E-state index contributed by atoms with van der Waals surface area (Å²) in [4.78, 5) is 26.3. The van der Waals surface area contributed by atoms with Crippen molar-refractivity contribution in [3.8, 4) is 0 Å². The van der Waals surface area contributed by atoms with Crippen molar-refractivity contribution in [2.24, 2.45) is 0 Å². The number of anilines is 1. The van der Waals surface area contributed by atoms with Gasteiger partial charge < -0.3 is 20.3 Å². The van der Waals surface area contributed by atoms with E-state index in [1.807, 2.05) is 32.0 Å². The Hall–Kier alpha value is -2.08. The van der Waals surface area contributed by atoms with Crippen LogP contribution in [0.5, 0.6) is 0 Å². The number of carbonyl (C=O) groups excluding carboxylic acids is 2. The quantitative estimate of drug-likeness (QED) is 0.885. The number of ether oxygens (including phenoxy) is 1. The zero-order chi connectivity index (χ0) is 17.1. The summed E-state index contributed by atoms with van der Waals surface area (Å²) in [6.45, 7) is 5.97. The van der Waals surface area contributed by atoms with Crippen LogP contribution < -0.4 is 15.5 Å². The normalized spacial score (nSPS) is 23.6. The molecule has 2 heterocycles. The molecule has 6 heteroatoms. The van der Waals surface area contributed by atoms with Crippen LogP contribution in [-0.2, 0) is 9.53 Å². The lowest BCUT2D eigenvalue weighted by atomic mass is 10.1. The van der Waals surface area contributed by atoms with E-state index < -0.39 is 6.04 Å². The highest BCUT2D eigenvalue weighted by molar-refractivity contribution is 6.01. The fourth-order valence-electron chi connectivity index (χ4n) is 3.18. The molecular weight excluding hydrogens is 306 g/mol. The Balaban J connectivity index is 1.53. The van der Waals surface area contributed by atoms with E-state index in [9.17, 15) is 9.59 Å². The first kappa shape index (κ1) is 16.8. The molecule has 0 aliphatic carbocycles. The molecule has 0 aromatic heterocycles. The molecular formula is C18H25N3O3. The number of rotatable bonds is 4. The third kappa shape index (κ3) is 3.70. The number of urea groups is 1. The van der Waals surface area contributed by atoms with Gasteiger partial charge in [-0.2, -0.15) is 0 Å². The molecule has 0 bridgehead atoms. The Labute approximate surface area is 142 Å². The van der Waals surface area contributed by atoms with Crippen LogP contribution in [0.4, 0.5) is 10.5 Å². The van der Waals surface area contributed by atoms with E-state index >= 15 is 0 Å². The molecule has 3 amide bonds. The van der Waals surface area contributed by atoms with Gasteiger partial charge >= 0.3 is 6.03 Å². The van der Waals surface area contributed by atoms with Crippen molar-refractivity contribution in [2.45, 2.75) is 45.3 Å². The summed E-state index contributed by atoms with van der Waals surface area (Å²) in [7, 11) is 0. The Morgan fingerprint density at radius 2 is 2.12 bits per heavy atom. The second-order valence-corrected chi connectivity index (χ2v) is 6.59. The lowest BCUT2D eigenvalue weighted by Gasteiger charge is -2.19. The topological polar surface area (TPSA) is 70.7 Å². The average molecular weight is 331 g/mol. The van der Waals surface area contributed by atoms with Gasteiger partial charge in [0.25, 0.3) is 0 Å². The molecule has 1 aromatic carbocycles. The number of benzene rings is 1. The van der Waals surface area contributed by atoms with E-state index in [0.717, 1.165) is 30.7 Å². The van der Waals surface area contributed by atoms with Crippen molar-refractivity contribution in [3.63, 3.8) is 0 Å². The van der Waals surface area contributed by atoms with Gasteiger partial charge in [-0.3, -0.25) is 4.79 Å². The number of nitrogens with zero attached hydrogens (tertiary/aromatic N) is 1. The molecule has 0 saturated carbocycles. The van der Waals surface area contributed by atoms with Gasteiger partial charge in [0, 0.05) is 25.4 Å². The number of hydrogen-bond acceptors (Lipinski definition) is 3. The molecule has 2 atom stereocenters. The molecule has 2 N–H and O–H groups in total. The Morgan fingerprint density at radius 3 is 2.83 bits per heavy atom. The van der Waals surface area contributed by atoms with Gasteiger partial charge in [0.05, 0.1) is 6.10 Å². The molecule has 0 radical (unpaired) electrons. The van der Waals surface area contributed by atoms with Gasteiger partial charge in [-0.15, -0.1) is 0 Å². The summed E-state index contributed by atoms with van der Waals surface area (Å²) < 4.78 is 5.47. The maximum atomic E-state index is 12.6. The number of aryl methyl sites for hydroxylation is 2. The lowest BCUT2D eigenvalue weighted by Crippen LogP contribution is -2.47. The Morgan fingerprint density at radius 1 is 1.29 bits per heavy atom. The molecule has 24 heavy (non-hydrogen) atoms. The maximum Gasteiger partial charge on any atom is 0.315 e. The first-order chi connectivity index (χ1) is 11.5. The first-order valence-corrected chi connectivity index (χ1v) is 8.59. The van der Waals surface area contributed by atoms with Gasteiger partial charge in [0.2, 0.25) is 5.91 Å². The van der Waals surface area contributed by atoms with Crippen molar-refractivity contribution in [3.05, 3.63) is 29.3 Å². The fourth-order valence-corrected chi connectivity index (χ4v) is 3.18. The van der Waals surface area contributed by atoms with Crippen LogP contribution in [0, 0.1) is 13.8 Å². The maximum absolute atomic E-state index is 12.6. The minimum Gasteiger partial charge on any atom is -0.376 e. The van der Waals surface area contributed by atoms with Crippen LogP contribution in [0.3, 0.4) is 0 Å². The second-order valence-electron chi connectivity index (χ2n) is 6.59. The van der Waals surface area contributed by atoms with Crippen molar-refractivity contribution >= 4 is 17.6 Å². The number of carbonyl (C=O) groups is 2. The van der Waals surface area contributed by atoms with Gasteiger partial charge in [-0.05, 0) is 56.4 Å². The number of hydrogen-bond donors (Lipinski definition) is 2. The van der Waals surface area contributed by atoms with Crippen LogP contribution in [0.15, 0.2) is 18.2 Å². The fraction of sp³-hybridized carbons (Fsp3) is 0.556. The SMILES string of the molecule is Cc1ccc(N2CCC(NC(=O)NCC3CCCO3)C2=O)cc1C.